The summed E-state index contributed by atoms with van der Waals surface area (Å²) in [5.74, 6) is -0.109. The Morgan fingerprint density at radius 2 is 2.20 bits per heavy atom. The minimum absolute atomic E-state index is 0.0258. The van der Waals surface area contributed by atoms with E-state index in [4.69, 9.17) is 0 Å². The molecule has 0 spiro atoms. The van der Waals surface area contributed by atoms with Crippen LogP contribution in [0, 0.1) is 23.5 Å². The number of nitrogens with one attached hydrogen (secondary N) is 2. The molecule has 3 rings (SSSR count). The van der Waals surface area contributed by atoms with E-state index in [1.54, 1.807) is 0 Å². The molecule has 20 heavy (non-hydrogen) atoms. The molecular formula is C15H18F2N2O. The summed E-state index contributed by atoms with van der Waals surface area (Å²) < 4.78 is 26.5. The first kappa shape index (κ1) is 13.5. The molecule has 1 saturated carbocycles. The van der Waals surface area contributed by atoms with Crippen molar-refractivity contribution in [3.05, 3.63) is 35.4 Å². The third kappa shape index (κ3) is 2.54. The van der Waals surface area contributed by atoms with Crippen LogP contribution >= 0.6 is 0 Å². The van der Waals surface area contributed by atoms with E-state index in [-0.39, 0.29) is 24.1 Å². The Labute approximate surface area is 116 Å². The minimum atomic E-state index is -0.496. The van der Waals surface area contributed by atoms with Gasteiger partial charge in [-0.1, -0.05) is 6.42 Å². The zero-order valence-corrected chi connectivity index (χ0v) is 11.2. The molecule has 1 aliphatic carbocycles. The SMILES string of the molecule is O=C(NCc1cc(F)ccc1F)C1NCC2CCCC21. The predicted molar refractivity (Wildman–Crippen MR) is 70.8 cm³/mol. The summed E-state index contributed by atoms with van der Waals surface area (Å²) in [7, 11) is 0. The van der Waals surface area contributed by atoms with Gasteiger partial charge in [0.2, 0.25) is 5.91 Å². The van der Waals surface area contributed by atoms with Crippen molar-refractivity contribution >= 4 is 5.91 Å². The van der Waals surface area contributed by atoms with Crippen molar-refractivity contribution in [3.63, 3.8) is 0 Å². The van der Waals surface area contributed by atoms with Crippen molar-refractivity contribution < 1.29 is 13.6 Å². The van der Waals surface area contributed by atoms with E-state index >= 15 is 0 Å². The maximum Gasteiger partial charge on any atom is 0.237 e. The highest BCUT2D eigenvalue weighted by atomic mass is 19.1. The number of halogens is 2. The fourth-order valence-electron chi connectivity index (χ4n) is 3.45. The highest BCUT2D eigenvalue weighted by molar-refractivity contribution is 5.82. The van der Waals surface area contributed by atoms with Crippen LogP contribution in [0.4, 0.5) is 8.78 Å². The number of hydrogen-bond acceptors (Lipinski definition) is 2. The minimum Gasteiger partial charge on any atom is -0.351 e. The summed E-state index contributed by atoms with van der Waals surface area (Å²) in [5.41, 5.74) is 0.180. The zero-order chi connectivity index (χ0) is 14.1. The van der Waals surface area contributed by atoms with Gasteiger partial charge in [0.25, 0.3) is 0 Å². The molecule has 3 unspecified atom stereocenters. The van der Waals surface area contributed by atoms with Gasteiger partial charge in [-0.3, -0.25) is 4.79 Å². The van der Waals surface area contributed by atoms with Crippen LogP contribution in [-0.4, -0.2) is 18.5 Å². The molecule has 0 radical (unpaired) electrons. The molecule has 3 nitrogen and oxygen atoms in total. The van der Waals surface area contributed by atoms with Crippen molar-refractivity contribution in [3.8, 4) is 0 Å². The lowest BCUT2D eigenvalue weighted by Crippen LogP contribution is -2.43. The maximum atomic E-state index is 13.5. The van der Waals surface area contributed by atoms with E-state index in [2.05, 4.69) is 10.6 Å². The predicted octanol–water partition coefficient (Wildman–Crippen LogP) is 1.97. The number of hydrogen-bond donors (Lipinski definition) is 2. The standard InChI is InChI=1S/C15H18F2N2O/c16-11-4-5-13(17)10(6-11)8-19-15(20)14-12-3-1-2-9(12)7-18-14/h4-6,9,12,14,18H,1-3,7-8H2,(H,19,20). The van der Waals surface area contributed by atoms with Gasteiger partial charge in [-0.15, -0.1) is 0 Å². The Hall–Kier alpha value is -1.49. The van der Waals surface area contributed by atoms with Crippen molar-refractivity contribution in [1.82, 2.24) is 10.6 Å². The molecule has 1 aromatic carbocycles. The van der Waals surface area contributed by atoms with Gasteiger partial charge in [0.15, 0.2) is 0 Å². The molecule has 1 heterocycles. The molecule has 1 amide bonds. The average Bonchev–Trinajstić information content (AvgIpc) is 3.02. The lowest BCUT2D eigenvalue weighted by Gasteiger charge is -2.17. The van der Waals surface area contributed by atoms with Gasteiger partial charge in [-0.25, -0.2) is 8.78 Å². The molecule has 1 aromatic rings. The second-order valence-corrected chi connectivity index (χ2v) is 5.69. The molecule has 2 N–H and O–H groups in total. The molecule has 108 valence electrons. The van der Waals surface area contributed by atoms with Crippen LogP contribution in [0.25, 0.3) is 0 Å². The average molecular weight is 280 g/mol. The van der Waals surface area contributed by atoms with Gasteiger partial charge in [0, 0.05) is 12.1 Å². The molecule has 1 aliphatic heterocycles. The summed E-state index contributed by atoms with van der Waals surface area (Å²) in [6.45, 7) is 0.912. The van der Waals surface area contributed by atoms with Gasteiger partial charge in [-0.2, -0.15) is 0 Å². The van der Waals surface area contributed by atoms with Gasteiger partial charge >= 0.3 is 0 Å². The van der Waals surface area contributed by atoms with E-state index in [9.17, 15) is 13.6 Å². The molecule has 2 aliphatic rings. The number of amides is 1. The third-order valence-electron chi connectivity index (χ3n) is 4.49. The first-order valence-corrected chi connectivity index (χ1v) is 7.10. The van der Waals surface area contributed by atoms with Crippen LogP contribution in [-0.2, 0) is 11.3 Å². The molecule has 0 aromatic heterocycles. The van der Waals surface area contributed by atoms with Crippen LogP contribution < -0.4 is 10.6 Å². The second-order valence-electron chi connectivity index (χ2n) is 5.69. The smallest absolute Gasteiger partial charge is 0.237 e. The largest absolute Gasteiger partial charge is 0.351 e. The van der Waals surface area contributed by atoms with E-state index in [1.807, 2.05) is 0 Å². The Balaban J connectivity index is 1.61. The summed E-state index contributed by atoms with van der Waals surface area (Å²) in [5, 5.41) is 5.95. The van der Waals surface area contributed by atoms with E-state index in [1.165, 1.54) is 12.8 Å². The first-order valence-electron chi connectivity index (χ1n) is 7.10. The topological polar surface area (TPSA) is 41.1 Å². The molecule has 5 heteroatoms. The molecule has 3 atom stereocenters. The molecule has 2 fully saturated rings. The van der Waals surface area contributed by atoms with Gasteiger partial charge in [0.05, 0.1) is 6.04 Å². The number of carbonyl (C=O) groups is 1. The number of rotatable bonds is 3. The molecule has 1 saturated heterocycles. The summed E-state index contributed by atoms with van der Waals surface area (Å²) in [4.78, 5) is 12.2. The highest BCUT2D eigenvalue weighted by Gasteiger charge is 2.42. The Morgan fingerprint density at radius 1 is 1.35 bits per heavy atom. The van der Waals surface area contributed by atoms with Crippen molar-refractivity contribution in [2.45, 2.75) is 31.8 Å². The second kappa shape index (κ2) is 5.48. The highest BCUT2D eigenvalue weighted by Crippen LogP contribution is 2.37. The van der Waals surface area contributed by atoms with E-state index in [0.717, 1.165) is 31.2 Å². The lowest BCUT2D eigenvalue weighted by atomic mass is 9.93. The zero-order valence-electron chi connectivity index (χ0n) is 11.2. The summed E-state index contributed by atoms with van der Waals surface area (Å²) in [6.07, 6.45) is 3.43. The van der Waals surface area contributed by atoms with E-state index < -0.39 is 11.6 Å². The Kier molecular flexibility index (Phi) is 3.70. The van der Waals surface area contributed by atoms with Crippen molar-refractivity contribution in [2.24, 2.45) is 11.8 Å². The van der Waals surface area contributed by atoms with Gasteiger partial charge < -0.3 is 10.6 Å². The Bertz CT molecular complexity index is 521. The van der Waals surface area contributed by atoms with Crippen LogP contribution in [0.2, 0.25) is 0 Å². The summed E-state index contributed by atoms with van der Waals surface area (Å²) in [6, 6.07) is 3.09. The lowest BCUT2D eigenvalue weighted by molar-refractivity contribution is -0.123. The third-order valence-corrected chi connectivity index (χ3v) is 4.49. The van der Waals surface area contributed by atoms with Gasteiger partial charge in [-0.05, 0) is 49.4 Å². The number of benzene rings is 1. The summed E-state index contributed by atoms with van der Waals surface area (Å²) >= 11 is 0. The maximum absolute atomic E-state index is 13.5. The van der Waals surface area contributed by atoms with Crippen LogP contribution in [0.1, 0.15) is 24.8 Å². The van der Waals surface area contributed by atoms with Crippen LogP contribution in [0.3, 0.4) is 0 Å². The first-order chi connectivity index (χ1) is 9.65. The van der Waals surface area contributed by atoms with Crippen LogP contribution in [0.15, 0.2) is 18.2 Å². The molecular weight excluding hydrogens is 262 g/mol. The molecule has 0 bridgehead atoms. The van der Waals surface area contributed by atoms with Crippen molar-refractivity contribution in [1.29, 1.82) is 0 Å². The number of carbonyl (C=O) groups excluding carboxylic acids is 1. The van der Waals surface area contributed by atoms with Crippen molar-refractivity contribution in [2.75, 3.05) is 6.54 Å². The quantitative estimate of drug-likeness (QED) is 0.889. The monoisotopic (exact) mass is 280 g/mol. The van der Waals surface area contributed by atoms with Crippen LogP contribution in [0.5, 0.6) is 0 Å². The Morgan fingerprint density at radius 3 is 3.05 bits per heavy atom. The number of fused-ring (bicyclic) bond motifs is 1. The normalized spacial score (nSPS) is 28.4. The fourth-order valence-corrected chi connectivity index (χ4v) is 3.45. The fraction of sp³-hybridized carbons (Fsp3) is 0.533. The van der Waals surface area contributed by atoms with Gasteiger partial charge in [0.1, 0.15) is 11.6 Å². The van der Waals surface area contributed by atoms with E-state index in [0.29, 0.717) is 11.8 Å².